The molecule has 3 aromatic rings. The fourth-order valence-corrected chi connectivity index (χ4v) is 3.94. The highest BCUT2D eigenvalue weighted by molar-refractivity contribution is 7.99. The van der Waals surface area contributed by atoms with Crippen LogP contribution in [0.15, 0.2) is 59.6 Å². The highest BCUT2D eigenvalue weighted by Gasteiger charge is 2.18. The lowest BCUT2D eigenvalue weighted by atomic mass is 10.2. The van der Waals surface area contributed by atoms with Gasteiger partial charge in [0, 0.05) is 6.54 Å². The van der Waals surface area contributed by atoms with Crippen molar-refractivity contribution >= 4 is 28.9 Å². The highest BCUT2D eigenvalue weighted by Crippen LogP contribution is 2.31. The van der Waals surface area contributed by atoms with Crippen LogP contribution in [-0.2, 0) is 6.54 Å². The fourth-order valence-electron chi connectivity index (χ4n) is 2.36. The molecule has 7 heteroatoms. The van der Waals surface area contributed by atoms with Gasteiger partial charge in [0.2, 0.25) is 0 Å². The van der Waals surface area contributed by atoms with Crippen molar-refractivity contribution in [1.29, 1.82) is 0 Å². The van der Waals surface area contributed by atoms with E-state index < -0.39 is 0 Å². The molecule has 0 radical (unpaired) electrons. The van der Waals surface area contributed by atoms with E-state index in [2.05, 4.69) is 16.8 Å². The summed E-state index contributed by atoms with van der Waals surface area (Å²) in [6.45, 7) is 4.36. The molecule has 25 heavy (non-hydrogen) atoms. The van der Waals surface area contributed by atoms with Gasteiger partial charge in [-0.15, -0.1) is 28.1 Å². The molecule has 0 saturated carbocycles. The van der Waals surface area contributed by atoms with E-state index in [1.54, 1.807) is 13.2 Å². The summed E-state index contributed by atoms with van der Waals surface area (Å²) in [4.78, 5) is 13.0. The van der Waals surface area contributed by atoms with E-state index in [4.69, 9.17) is 4.74 Å². The zero-order chi connectivity index (χ0) is 17.6. The van der Waals surface area contributed by atoms with Crippen molar-refractivity contribution < 1.29 is 9.53 Å². The summed E-state index contributed by atoms with van der Waals surface area (Å²) < 4.78 is 7.36. The maximum absolute atomic E-state index is 12.2. The number of rotatable bonds is 8. The van der Waals surface area contributed by atoms with Crippen molar-refractivity contribution in [2.75, 3.05) is 12.9 Å². The number of thioether (sulfide) groups is 1. The molecular formula is C18H17N3O2S2. The minimum absolute atomic E-state index is 0.0898. The van der Waals surface area contributed by atoms with Gasteiger partial charge in [0.25, 0.3) is 0 Å². The van der Waals surface area contributed by atoms with Crippen molar-refractivity contribution in [2.24, 2.45) is 0 Å². The number of allylic oxidation sites excluding steroid dienone is 1. The van der Waals surface area contributed by atoms with Gasteiger partial charge in [-0.25, -0.2) is 0 Å². The predicted octanol–water partition coefficient (Wildman–Crippen LogP) is 4.18. The average Bonchev–Trinajstić information content (AvgIpc) is 3.30. The lowest BCUT2D eigenvalue weighted by Crippen LogP contribution is -2.04. The maximum Gasteiger partial charge on any atom is 0.192 e. The smallest absolute Gasteiger partial charge is 0.192 e. The number of aromatic nitrogens is 3. The summed E-state index contributed by atoms with van der Waals surface area (Å²) in [7, 11) is 1.63. The van der Waals surface area contributed by atoms with Crippen LogP contribution in [-0.4, -0.2) is 33.4 Å². The van der Waals surface area contributed by atoms with Gasteiger partial charge in [-0.1, -0.05) is 36.0 Å². The van der Waals surface area contributed by atoms with Gasteiger partial charge < -0.3 is 4.74 Å². The summed E-state index contributed by atoms with van der Waals surface area (Å²) in [5.41, 5.74) is 0.857. The summed E-state index contributed by atoms with van der Waals surface area (Å²) in [5.74, 6) is 1.84. The van der Waals surface area contributed by atoms with E-state index in [9.17, 15) is 4.79 Å². The summed E-state index contributed by atoms with van der Waals surface area (Å²) >= 11 is 2.83. The quantitative estimate of drug-likeness (QED) is 0.338. The summed E-state index contributed by atoms with van der Waals surface area (Å²) in [6.07, 6.45) is 1.79. The van der Waals surface area contributed by atoms with Gasteiger partial charge in [-0.2, -0.15) is 0 Å². The Morgan fingerprint density at radius 2 is 2.16 bits per heavy atom. The Hall–Kier alpha value is -2.38. The first-order valence-corrected chi connectivity index (χ1v) is 9.48. The van der Waals surface area contributed by atoms with Gasteiger partial charge in [0.05, 0.1) is 23.3 Å². The first-order chi connectivity index (χ1) is 12.2. The first kappa shape index (κ1) is 17.4. The van der Waals surface area contributed by atoms with Crippen LogP contribution in [0.5, 0.6) is 5.75 Å². The Balaban J connectivity index is 1.87. The average molecular weight is 371 g/mol. The van der Waals surface area contributed by atoms with Crippen LogP contribution in [0.25, 0.3) is 11.4 Å². The molecule has 0 atom stereocenters. The second-order valence-electron chi connectivity index (χ2n) is 5.09. The number of methoxy groups -OCH3 is 1. The van der Waals surface area contributed by atoms with Crippen LogP contribution in [0.2, 0.25) is 0 Å². The summed E-state index contributed by atoms with van der Waals surface area (Å²) in [5, 5.41) is 11.2. The third-order valence-corrected chi connectivity index (χ3v) is 5.38. The van der Waals surface area contributed by atoms with Gasteiger partial charge in [0.1, 0.15) is 5.75 Å². The molecule has 0 aliphatic rings. The van der Waals surface area contributed by atoms with E-state index in [1.807, 2.05) is 46.3 Å². The van der Waals surface area contributed by atoms with Crippen LogP contribution in [0.3, 0.4) is 0 Å². The second-order valence-corrected chi connectivity index (χ2v) is 6.99. The molecule has 0 spiro atoms. The number of benzene rings is 1. The Labute approximate surface area is 154 Å². The van der Waals surface area contributed by atoms with Gasteiger partial charge in [-0.05, 0) is 23.6 Å². The maximum atomic E-state index is 12.2. The van der Waals surface area contributed by atoms with Gasteiger partial charge >= 0.3 is 0 Å². The van der Waals surface area contributed by atoms with Crippen LogP contribution in [0, 0.1) is 0 Å². The standard InChI is InChI=1S/C18H17N3O2S2/c1-3-10-21-17(13-7-4-5-8-15(13)23-2)19-20-18(21)25-12-14(22)16-9-6-11-24-16/h3-9,11H,1,10,12H2,2H3. The Kier molecular flexibility index (Phi) is 5.67. The molecule has 5 nitrogen and oxygen atoms in total. The molecule has 0 aliphatic carbocycles. The number of thiophene rings is 1. The van der Waals surface area contributed by atoms with E-state index in [0.717, 1.165) is 16.2 Å². The Morgan fingerprint density at radius 1 is 1.32 bits per heavy atom. The Bertz CT molecular complexity index is 872. The van der Waals surface area contributed by atoms with Crippen molar-refractivity contribution in [3.8, 4) is 17.1 Å². The van der Waals surface area contributed by atoms with Gasteiger partial charge in [-0.3, -0.25) is 9.36 Å². The lowest BCUT2D eigenvalue weighted by Gasteiger charge is -2.10. The number of hydrogen-bond acceptors (Lipinski definition) is 6. The molecular weight excluding hydrogens is 354 g/mol. The molecule has 0 amide bonds. The third-order valence-electron chi connectivity index (χ3n) is 3.50. The number of para-hydroxylation sites is 1. The molecule has 2 aromatic heterocycles. The van der Waals surface area contributed by atoms with Crippen molar-refractivity contribution in [2.45, 2.75) is 11.7 Å². The molecule has 0 N–H and O–H groups in total. The summed E-state index contributed by atoms with van der Waals surface area (Å²) in [6, 6.07) is 11.4. The first-order valence-electron chi connectivity index (χ1n) is 7.61. The monoisotopic (exact) mass is 371 g/mol. The molecule has 0 unspecified atom stereocenters. The van der Waals surface area contributed by atoms with E-state index >= 15 is 0 Å². The van der Waals surface area contributed by atoms with Crippen LogP contribution in [0.4, 0.5) is 0 Å². The zero-order valence-electron chi connectivity index (χ0n) is 13.7. The van der Waals surface area contributed by atoms with E-state index in [-0.39, 0.29) is 5.78 Å². The molecule has 1 aromatic carbocycles. The second kappa shape index (κ2) is 8.13. The lowest BCUT2D eigenvalue weighted by molar-refractivity contribution is 0.102. The minimum atomic E-state index is 0.0898. The number of carbonyl (C=O) groups is 1. The Morgan fingerprint density at radius 3 is 2.88 bits per heavy atom. The van der Waals surface area contributed by atoms with Crippen molar-refractivity contribution in [3.05, 3.63) is 59.3 Å². The molecule has 3 rings (SSSR count). The van der Waals surface area contributed by atoms with E-state index in [1.165, 1.54) is 23.1 Å². The highest BCUT2D eigenvalue weighted by atomic mass is 32.2. The van der Waals surface area contributed by atoms with Crippen LogP contribution in [0.1, 0.15) is 9.67 Å². The van der Waals surface area contributed by atoms with E-state index in [0.29, 0.717) is 23.3 Å². The number of ether oxygens (including phenoxy) is 1. The number of ketones is 1. The van der Waals surface area contributed by atoms with Crippen molar-refractivity contribution in [3.63, 3.8) is 0 Å². The van der Waals surface area contributed by atoms with Crippen LogP contribution < -0.4 is 4.74 Å². The molecule has 2 heterocycles. The minimum Gasteiger partial charge on any atom is -0.496 e. The SMILES string of the molecule is C=CCn1c(SCC(=O)c2cccs2)nnc1-c1ccccc1OC. The van der Waals surface area contributed by atoms with Crippen molar-refractivity contribution in [1.82, 2.24) is 14.8 Å². The number of nitrogens with zero attached hydrogens (tertiary/aromatic N) is 3. The fraction of sp³-hybridized carbons (Fsp3) is 0.167. The number of hydrogen-bond donors (Lipinski definition) is 0. The third kappa shape index (κ3) is 3.83. The van der Waals surface area contributed by atoms with Gasteiger partial charge in [0.15, 0.2) is 16.8 Å². The molecule has 0 saturated heterocycles. The largest absolute Gasteiger partial charge is 0.496 e. The molecule has 128 valence electrons. The normalized spacial score (nSPS) is 10.6. The van der Waals surface area contributed by atoms with Crippen LogP contribution >= 0.6 is 23.1 Å². The number of Topliss-reactive ketones (excluding diaryl/α,β-unsaturated/α-hetero) is 1. The number of carbonyl (C=O) groups excluding carboxylic acids is 1. The molecule has 0 fully saturated rings. The molecule has 0 bridgehead atoms. The topological polar surface area (TPSA) is 57.0 Å². The predicted molar refractivity (Wildman–Crippen MR) is 102 cm³/mol. The zero-order valence-corrected chi connectivity index (χ0v) is 15.3. The molecule has 0 aliphatic heterocycles.